The Hall–Kier alpha value is -6.15. The van der Waals surface area contributed by atoms with Gasteiger partial charge in [-0.05, 0) is 268 Å². The van der Waals surface area contributed by atoms with Crippen LogP contribution in [0.15, 0.2) is 67.7 Å². The van der Waals surface area contributed by atoms with Gasteiger partial charge in [0, 0.05) is 51.3 Å². The van der Waals surface area contributed by atoms with Gasteiger partial charge in [-0.25, -0.2) is 4.98 Å². The van der Waals surface area contributed by atoms with Gasteiger partial charge in [-0.2, -0.15) is 0 Å². The first-order valence-electron chi connectivity index (χ1n) is 40.2. The summed E-state index contributed by atoms with van der Waals surface area (Å²) in [7, 11) is 0. The van der Waals surface area contributed by atoms with Gasteiger partial charge in [-0.3, -0.25) is 28.8 Å². The fourth-order valence-electron chi connectivity index (χ4n) is 26.9. The van der Waals surface area contributed by atoms with Gasteiger partial charge in [0.1, 0.15) is 30.1 Å². The molecular formula is C87H115Cl2N5O14. The second-order valence-corrected chi connectivity index (χ2v) is 40.7. The fourth-order valence-corrected chi connectivity index (χ4v) is 27.2. The molecule has 0 bridgehead atoms. The molecule has 10 aliphatic rings. The van der Waals surface area contributed by atoms with E-state index in [-0.39, 0.29) is 145 Å². The van der Waals surface area contributed by atoms with Gasteiger partial charge < -0.3 is 38.7 Å². The van der Waals surface area contributed by atoms with Crippen LogP contribution in [0.3, 0.4) is 0 Å². The topological polar surface area (TPSA) is 293 Å². The first kappa shape index (κ1) is 78.5. The highest BCUT2D eigenvalue weighted by molar-refractivity contribution is 6.31. The molecule has 0 amide bonds. The Kier molecular flexibility index (Phi) is 19.3. The maximum Gasteiger partial charge on any atom is 0.310 e. The molecule has 19 nitrogen and oxygen atoms in total. The Balaban J connectivity index is 0.652. The van der Waals surface area contributed by atoms with Crippen LogP contribution < -0.4 is 0 Å². The smallest absolute Gasteiger partial charge is 0.310 e. The van der Waals surface area contributed by atoms with Gasteiger partial charge in [0.2, 0.25) is 17.7 Å². The summed E-state index contributed by atoms with van der Waals surface area (Å²) in [4.78, 5) is 87.2. The number of pyridine rings is 1. The molecule has 0 spiro atoms. The van der Waals surface area contributed by atoms with Crippen LogP contribution in [-0.2, 0) is 44.7 Å². The van der Waals surface area contributed by atoms with E-state index in [0.717, 1.165) is 99.3 Å². The summed E-state index contributed by atoms with van der Waals surface area (Å²) in [6.07, 6.45) is 10.7. The summed E-state index contributed by atoms with van der Waals surface area (Å²) >= 11 is 13.1. The number of rotatable bonds is 18. The number of aliphatic hydroxyl groups excluding tert-OH is 2. The van der Waals surface area contributed by atoms with Crippen molar-refractivity contribution < 1.29 is 67.5 Å². The minimum atomic E-state index is -1.65. The average Bonchev–Trinajstić information content (AvgIpc) is 1.23. The van der Waals surface area contributed by atoms with Crippen molar-refractivity contribution in [1.82, 2.24) is 25.4 Å². The summed E-state index contributed by atoms with van der Waals surface area (Å²) in [5.41, 5.74) is -1.48. The number of ketones is 2. The number of aliphatic carboxylic acids is 2. The van der Waals surface area contributed by atoms with E-state index in [1.54, 1.807) is 51.1 Å². The number of hydrogen-bond acceptors (Lipinski definition) is 17. The number of carbonyl (C=O) groups excluding carboxylic acids is 4. The predicted molar refractivity (Wildman–Crippen MR) is 406 cm³/mol. The molecule has 586 valence electrons. The lowest BCUT2D eigenvalue weighted by atomic mass is 9.33. The monoisotopic (exact) mass is 1520 g/mol. The Morgan fingerprint density at radius 1 is 0.546 bits per heavy atom. The number of carboxylic acids is 2. The Bertz CT molecular complexity index is 4400. The van der Waals surface area contributed by atoms with Crippen LogP contribution in [0.1, 0.15) is 276 Å². The zero-order valence-corrected chi connectivity index (χ0v) is 68.1. The van der Waals surface area contributed by atoms with Gasteiger partial charge in [-0.15, -0.1) is 20.4 Å². The molecule has 10 aliphatic carbocycles. The molecule has 19 atom stereocenters. The molecular weight excluding hydrogens is 1410 g/mol. The van der Waals surface area contributed by atoms with E-state index in [9.17, 15) is 49.2 Å². The van der Waals surface area contributed by atoms with E-state index < -0.39 is 75.7 Å². The van der Waals surface area contributed by atoms with Crippen molar-refractivity contribution in [3.05, 3.63) is 86.2 Å². The number of nitrogens with zero attached hydrogens (tertiary/aromatic N) is 5. The number of halogens is 2. The van der Waals surface area contributed by atoms with Crippen molar-refractivity contribution in [3.8, 4) is 23.0 Å². The van der Waals surface area contributed by atoms with E-state index in [4.69, 9.17) is 41.5 Å². The molecule has 0 radical (unpaired) electrons. The third-order valence-corrected chi connectivity index (χ3v) is 33.4. The van der Waals surface area contributed by atoms with E-state index in [1.807, 2.05) is 0 Å². The summed E-state index contributed by atoms with van der Waals surface area (Å²) < 4.78 is 25.6. The summed E-state index contributed by atoms with van der Waals surface area (Å²) in [5.74, 6) is -1.91. The zero-order chi connectivity index (χ0) is 78.4. The van der Waals surface area contributed by atoms with Crippen LogP contribution in [0.2, 0.25) is 10.0 Å². The fraction of sp³-hybridized carbons (Fsp3) is 0.713. The molecule has 1 unspecified atom stereocenters. The van der Waals surface area contributed by atoms with Crippen molar-refractivity contribution in [1.29, 1.82) is 0 Å². The highest BCUT2D eigenvalue weighted by Crippen LogP contribution is 2.80. The Morgan fingerprint density at radius 3 is 1.45 bits per heavy atom. The number of carbonyl (C=O) groups is 6. The van der Waals surface area contributed by atoms with E-state index in [1.165, 1.54) is 6.20 Å². The highest BCUT2D eigenvalue weighted by Gasteiger charge is 2.74. The Labute approximate surface area is 646 Å². The number of fused-ring (bicyclic) bond motifs is 14. The molecule has 3 heterocycles. The molecule has 1 aromatic carbocycles. The molecule has 3 aromatic heterocycles. The zero-order valence-electron chi connectivity index (χ0n) is 66.6. The Morgan fingerprint density at radius 2 is 1.01 bits per heavy atom. The van der Waals surface area contributed by atoms with Crippen LogP contribution in [-0.4, -0.2) is 93.5 Å². The molecule has 108 heavy (non-hydrogen) atoms. The minimum absolute atomic E-state index is 0.00457. The van der Waals surface area contributed by atoms with E-state index >= 15 is 0 Å². The summed E-state index contributed by atoms with van der Waals surface area (Å²) in [6.45, 7) is 36.7. The predicted octanol–water partition coefficient (Wildman–Crippen LogP) is 18.6. The van der Waals surface area contributed by atoms with Crippen molar-refractivity contribution >= 4 is 58.6 Å². The standard InChI is InChI=1S/C87H115Cl2N5O14/c1-45(2)64-54(95)40-86(36-34-82(14)50(66(64)86)20-24-58-80(12)30-28-60(105-62(97)42-76(5,6)74(101)102)77(7,8)56(80)26-32-84(58,82)16)68(99)72-93-91-70(107-72)47-18-22-52(89)48(38-47)39-79(11,75(103)104)43-63(98)106-61-29-31-81(13)57(78(61,9)10)27-33-85(17)59(81)25-21-51-67-65(46(3)4)55(96)41-87(67,37-35-83(51,85)15)69(100)73-94-92-71(108-73)53-23-19-49(88)44-90-53/h18-19,22-23,38,44-46,50-51,56-61,68-69,99-100H,20-21,24-37,39-43H2,1-17H3,(H,101,102)(H,103,104)/t50-,51-,56+,57+,58-,59-,60+,61+,68-,69+,79?,80+,81+,82-,83-,84-,85-,86-,87-/m1/s1. The normalized spacial score (nSPS) is 37.2. The molecule has 4 N–H and O–H groups in total. The van der Waals surface area contributed by atoms with Gasteiger partial charge >= 0.3 is 23.9 Å². The number of hydrogen-bond donors (Lipinski definition) is 4. The summed E-state index contributed by atoms with van der Waals surface area (Å²) in [6, 6.07) is 8.46. The number of allylic oxidation sites excluding steroid dienone is 2. The molecule has 8 saturated carbocycles. The molecule has 4 aromatic rings. The van der Waals surface area contributed by atoms with Crippen molar-refractivity contribution in [2.45, 2.75) is 277 Å². The lowest BCUT2D eigenvalue weighted by Gasteiger charge is -2.72. The number of aliphatic hydroxyl groups is 2. The summed E-state index contributed by atoms with van der Waals surface area (Å²) in [5, 5.41) is 65.1. The number of ether oxygens (including phenoxy) is 2. The lowest BCUT2D eigenvalue weighted by Crippen LogP contribution is -2.66. The molecule has 0 saturated heterocycles. The van der Waals surface area contributed by atoms with Crippen LogP contribution in [0, 0.1) is 112 Å². The number of Topliss-reactive ketones (excluding diaryl/α,β-unsaturated/α-hetero) is 2. The highest BCUT2D eigenvalue weighted by atomic mass is 35.5. The van der Waals surface area contributed by atoms with Gasteiger partial charge in [0.25, 0.3) is 5.89 Å². The van der Waals surface area contributed by atoms with Crippen LogP contribution in [0.25, 0.3) is 23.0 Å². The third kappa shape index (κ3) is 11.6. The van der Waals surface area contributed by atoms with Crippen LogP contribution in [0.5, 0.6) is 0 Å². The van der Waals surface area contributed by atoms with E-state index in [2.05, 4.69) is 122 Å². The second kappa shape index (κ2) is 26.5. The number of benzene rings is 1. The number of carboxylic acid groups (broad SMARTS) is 2. The molecule has 8 fully saturated rings. The third-order valence-electron chi connectivity index (χ3n) is 32.8. The maximum absolute atomic E-state index is 14.7. The van der Waals surface area contributed by atoms with Crippen molar-refractivity contribution in [2.75, 3.05) is 0 Å². The quantitative estimate of drug-likeness (QED) is 0.0673. The first-order chi connectivity index (χ1) is 50.3. The van der Waals surface area contributed by atoms with Crippen LogP contribution in [0.4, 0.5) is 0 Å². The van der Waals surface area contributed by atoms with E-state index in [0.29, 0.717) is 59.4 Å². The first-order valence-corrected chi connectivity index (χ1v) is 40.9. The minimum Gasteiger partial charge on any atom is -0.481 e. The molecule has 0 aliphatic heterocycles. The van der Waals surface area contributed by atoms with Crippen molar-refractivity contribution in [3.63, 3.8) is 0 Å². The molecule has 21 heteroatoms. The average molecular weight is 1530 g/mol. The number of esters is 2. The maximum atomic E-state index is 14.7. The van der Waals surface area contributed by atoms with Gasteiger partial charge in [0.05, 0.1) is 28.7 Å². The lowest BCUT2D eigenvalue weighted by molar-refractivity contribution is -0.235. The van der Waals surface area contributed by atoms with Gasteiger partial charge in [-0.1, -0.05) is 120 Å². The van der Waals surface area contributed by atoms with Crippen LogP contribution >= 0.6 is 23.2 Å². The number of aromatic nitrogens is 5. The molecule has 14 rings (SSSR count). The second-order valence-electron chi connectivity index (χ2n) is 39.8. The van der Waals surface area contributed by atoms with Gasteiger partial charge in [0.15, 0.2) is 11.6 Å². The largest absolute Gasteiger partial charge is 0.481 e. The SMILES string of the molecule is CC(C)C1=C2[C@H]3CC[C@@H]4[C@@]5(C)CC[C@H](OC(=O)CC(C)(C)C(=O)O)C(C)(C)[C@@H]5CC[C@@]4(C)[C@]3(C)CC[C@@]2([C@H](O)c2nnc(-c3ccc(Cl)c(CC(C)(CC(=O)O[C@H]4CC[C@]5(C)[C@H]6CC[C@@H]7C8=C(C(C)C)C(=O)C[C@]8([C@@H](O)c8nnc(-c9ccc(Cl)cn9)o8)CC[C@@]7(C)[C@]6(C)CC[C@H]5C4(C)C)C(=O)O)c3)o2)CC1=O. The van der Waals surface area contributed by atoms with Crippen molar-refractivity contribution in [2.24, 2.45) is 112 Å².